The van der Waals surface area contributed by atoms with Crippen molar-refractivity contribution in [1.82, 2.24) is 0 Å². The van der Waals surface area contributed by atoms with Crippen molar-refractivity contribution in [3.8, 4) is 11.1 Å². The molecule has 1 fully saturated rings. The molecule has 2 aromatic carbocycles. The van der Waals surface area contributed by atoms with Crippen molar-refractivity contribution in [2.45, 2.75) is 65.2 Å². The summed E-state index contributed by atoms with van der Waals surface area (Å²) in [6, 6.07) is 8.20. The van der Waals surface area contributed by atoms with E-state index in [-0.39, 0.29) is 11.1 Å². The lowest BCUT2D eigenvalue weighted by Crippen LogP contribution is -2.21. The number of halogens is 3. The average Bonchev–Trinajstić information content (AvgIpc) is 2.66. The van der Waals surface area contributed by atoms with Crippen molar-refractivity contribution >= 4 is 0 Å². The molecular weight excluding hydrogens is 357 g/mol. The first-order valence-electron chi connectivity index (χ1n) is 10.7. The fraction of sp³-hybridized carbons (Fsp3) is 0.520. The van der Waals surface area contributed by atoms with Crippen molar-refractivity contribution in [3.05, 3.63) is 59.4 Å². The number of hydrogen-bond donors (Lipinski definition) is 0. The Morgan fingerprint density at radius 3 is 2.21 bits per heavy atom. The zero-order valence-corrected chi connectivity index (χ0v) is 17.0. The zero-order chi connectivity index (χ0) is 20.1. The van der Waals surface area contributed by atoms with Gasteiger partial charge < -0.3 is 0 Å². The Bertz CT molecular complexity index is 755. The molecule has 0 bridgehead atoms. The Morgan fingerprint density at radius 2 is 1.61 bits per heavy atom. The van der Waals surface area contributed by atoms with E-state index in [1.807, 2.05) is 6.07 Å². The van der Waals surface area contributed by atoms with Crippen LogP contribution in [0.5, 0.6) is 0 Å². The van der Waals surface area contributed by atoms with Crippen molar-refractivity contribution < 1.29 is 13.2 Å². The molecule has 0 nitrogen and oxygen atoms in total. The van der Waals surface area contributed by atoms with Crippen LogP contribution in [0.2, 0.25) is 0 Å². The van der Waals surface area contributed by atoms with Crippen LogP contribution in [0, 0.1) is 35.2 Å². The summed E-state index contributed by atoms with van der Waals surface area (Å²) in [5.74, 6) is 0.315. The molecule has 0 spiro atoms. The summed E-state index contributed by atoms with van der Waals surface area (Å²) in [7, 11) is 0. The van der Waals surface area contributed by atoms with Crippen LogP contribution in [0.1, 0.15) is 64.4 Å². The highest BCUT2D eigenvalue weighted by molar-refractivity contribution is 5.64. The van der Waals surface area contributed by atoms with Crippen molar-refractivity contribution in [2.24, 2.45) is 17.8 Å². The van der Waals surface area contributed by atoms with Gasteiger partial charge in [0, 0.05) is 11.6 Å². The summed E-state index contributed by atoms with van der Waals surface area (Å²) in [5, 5.41) is 0. The van der Waals surface area contributed by atoms with E-state index in [0.29, 0.717) is 11.8 Å². The maximum absolute atomic E-state index is 14.6. The van der Waals surface area contributed by atoms with E-state index in [1.54, 1.807) is 6.07 Å². The Labute approximate surface area is 167 Å². The predicted octanol–water partition coefficient (Wildman–Crippen LogP) is 7.95. The highest BCUT2D eigenvalue weighted by Gasteiger charge is 2.25. The fourth-order valence-electron chi connectivity index (χ4n) is 4.71. The van der Waals surface area contributed by atoms with E-state index in [0.717, 1.165) is 24.0 Å². The predicted molar refractivity (Wildman–Crippen MR) is 110 cm³/mol. The third kappa shape index (κ3) is 5.40. The molecule has 3 heteroatoms. The van der Waals surface area contributed by atoms with Gasteiger partial charge in [0.2, 0.25) is 0 Å². The largest absolute Gasteiger partial charge is 0.207 e. The summed E-state index contributed by atoms with van der Waals surface area (Å²) in [6.07, 6.45) is 10.0. The first-order valence-corrected chi connectivity index (χ1v) is 10.7. The Kier molecular flexibility index (Phi) is 7.20. The molecule has 0 saturated heterocycles. The van der Waals surface area contributed by atoms with Gasteiger partial charge in [0.25, 0.3) is 0 Å². The second kappa shape index (κ2) is 9.62. The SMILES string of the molecule is CCCCC1CCC(C(C)Cc2ccc(-c3cc(F)cc(F)c3)c(F)c2)CC1. The Morgan fingerprint density at radius 1 is 0.929 bits per heavy atom. The highest BCUT2D eigenvalue weighted by atomic mass is 19.1. The van der Waals surface area contributed by atoms with Gasteiger partial charge in [-0.05, 0) is 66.3 Å². The van der Waals surface area contributed by atoms with Crippen LogP contribution in [0.15, 0.2) is 36.4 Å². The lowest BCUT2D eigenvalue weighted by atomic mass is 9.73. The van der Waals surface area contributed by atoms with Gasteiger partial charge in [-0.3, -0.25) is 0 Å². The maximum Gasteiger partial charge on any atom is 0.131 e. The second-order valence-corrected chi connectivity index (χ2v) is 8.58. The minimum atomic E-state index is -0.693. The summed E-state index contributed by atoms with van der Waals surface area (Å²) in [6.45, 7) is 4.52. The van der Waals surface area contributed by atoms with Gasteiger partial charge in [-0.15, -0.1) is 0 Å². The fourth-order valence-corrected chi connectivity index (χ4v) is 4.71. The van der Waals surface area contributed by atoms with Crippen molar-refractivity contribution in [2.75, 3.05) is 0 Å². The Hall–Kier alpha value is -1.77. The first-order chi connectivity index (χ1) is 13.5. The molecule has 0 amide bonds. The number of hydrogen-bond acceptors (Lipinski definition) is 0. The third-order valence-corrected chi connectivity index (χ3v) is 6.43. The second-order valence-electron chi connectivity index (χ2n) is 8.58. The van der Waals surface area contributed by atoms with Crippen LogP contribution in [0.3, 0.4) is 0 Å². The minimum absolute atomic E-state index is 0.236. The maximum atomic E-state index is 14.6. The molecule has 0 N–H and O–H groups in total. The molecule has 1 saturated carbocycles. The van der Waals surface area contributed by atoms with Gasteiger partial charge in [0.1, 0.15) is 17.5 Å². The molecule has 0 radical (unpaired) electrons. The molecule has 1 aliphatic rings. The molecule has 0 heterocycles. The summed E-state index contributed by atoms with van der Waals surface area (Å²) < 4.78 is 41.5. The number of rotatable bonds is 7. The van der Waals surface area contributed by atoms with Crippen LogP contribution in [-0.2, 0) is 6.42 Å². The third-order valence-electron chi connectivity index (χ3n) is 6.43. The Balaban J connectivity index is 1.61. The molecule has 2 aromatic rings. The molecule has 1 unspecified atom stereocenters. The first kappa shape index (κ1) is 21.0. The van der Waals surface area contributed by atoms with Crippen LogP contribution < -0.4 is 0 Å². The summed E-state index contributed by atoms with van der Waals surface area (Å²) >= 11 is 0. The summed E-state index contributed by atoms with van der Waals surface area (Å²) in [4.78, 5) is 0. The number of unbranched alkanes of at least 4 members (excludes halogenated alkanes) is 1. The van der Waals surface area contributed by atoms with Crippen molar-refractivity contribution in [1.29, 1.82) is 0 Å². The molecule has 0 aliphatic heterocycles. The molecule has 1 aliphatic carbocycles. The van der Waals surface area contributed by atoms with Crippen LogP contribution in [-0.4, -0.2) is 0 Å². The van der Waals surface area contributed by atoms with E-state index in [4.69, 9.17) is 0 Å². The van der Waals surface area contributed by atoms with Gasteiger partial charge in [-0.2, -0.15) is 0 Å². The molecule has 28 heavy (non-hydrogen) atoms. The number of benzene rings is 2. The van der Waals surface area contributed by atoms with Gasteiger partial charge >= 0.3 is 0 Å². The summed E-state index contributed by atoms with van der Waals surface area (Å²) in [5.41, 5.74) is 1.44. The van der Waals surface area contributed by atoms with Crippen LogP contribution >= 0.6 is 0 Å². The monoisotopic (exact) mass is 388 g/mol. The average molecular weight is 389 g/mol. The van der Waals surface area contributed by atoms with E-state index in [9.17, 15) is 13.2 Å². The standard InChI is InChI=1S/C25H31F3/c1-3-4-5-18-6-9-20(10-7-18)17(2)12-19-8-11-24(25(28)13-19)21-14-22(26)16-23(27)15-21/h8,11,13-18,20H,3-7,9-10,12H2,1-2H3. The molecule has 1 atom stereocenters. The van der Waals surface area contributed by atoms with Gasteiger partial charge in [-0.1, -0.05) is 58.1 Å². The van der Waals surface area contributed by atoms with E-state index in [2.05, 4.69) is 13.8 Å². The minimum Gasteiger partial charge on any atom is -0.207 e. The van der Waals surface area contributed by atoms with E-state index < -0.39 is 17.5 Å². The smallest absolute Gasteiger partial charge is 0.131 e. The van der Waals surface area contributed by atoms with Crippen LogP contribution in [0.25, 0.3) is 11.1 Å². The van der Waals surface area contributed by atoms with Gasteiger partial charge in [0.05, 0.1) is 0 Å². The normalized spacial score (nSPS) is 20.9. The lowest BCUT2D eigenvalue weighted by Gasteiger charge is -2.32. The van der Waals surface area contributed by atoms with Crippen molar-refractivity contribution in [3.63, 3.8) is 0 Å². The molecule has 3 rings (SSSR count). The molecule has 0 aromatic heterocycles. The lowest BCUT2D eigenvalue weighted by molar-refractivity contribution is 0.204. The highest BCUT2D eigenvalue weighted by Crippen LogP contribution is 2.37. The quantitative estimate of drug-likeness (QED) is 0.451. The van der Waals surface area contributed by atoms with Gasteiger partial charge in [0.15, 0.2) is 0 Å². The van der Waals surface area contributed by atoms with E-state index >= 15 is 0 Å². The topological polar surface area (TPSA) is 0 Å². The van der Waals surface area contributed by atoms with Gasteiger partial charge in [-0.25, -0.2) is 13.2 Å². The zero-order valence-electron chi connectivity index (χ0n) is 17.0. The molecule has 152 valence electrons. The molecular formula is C25H31F3. The van der Waals surface area contributed by atoms with Crippen LogP contribution in [0.4, 0.5) is 13.2 Å². The van der Waals surface area contributed by atoms with E-state index in [1.165, 1.54) is 63.1 Å².